The molecule has 1 atom stereocenters. The van der Waals surface area contributed by atoms with Crippen molar-refractivity contribution < 1.29 is 23.6 Å². The molecule has 8 heteroatoms. The van der Waals surface area contributed by atoms with Crippen molar-refractivity contribution in [1.29, 1.82) is 0 Å². The quantitative estimate of drug-likeness (QED) is 0.580. The molecule has 2 heterocycles. The summed E-state index contributed by atoms with van der Waals surface area (Å²) in [6.45, 7) is 3.71. The fraction of sp³-hybridized carbons (Fsp3) is 0.400. The lowest BCUT2D eigenvalue weighted by Crippen LogP contribution is -3.15. The Morgan fingerprint density at radius 1 is 1.07 bits per heavy atom. The summed E-state index contributed by atoms with van der Waals surface area (Å²) in [4.78, 5) is 25.5. The highest BCUT2D eigenvalue weighted by Crippen LogP contribution is 2.10. The van der Waals surface area contributed by atoms with Crippen LogP contribution in [-0.2, 0) is 20.7 Å². The average Bonchev–Trinajstić information content (AvgIpc) is 3.25. The largest absolute Gasteiger partial charge is 0.463 e. The normalized spacial score (nSPS) is 15.8. The van der Waals surface area contributed by atoms with E-state index < -0.39 is 11.8 Å². The molecule has 0 aliphatic carbocycles. The minimum absolute atomic E-state index is 0.0512. The summed E-state index contributed by atoms with van der Waals surface area (Å²) in [5.74, 6) is -0.482. The topological polar surface area (TPSA) is 85.0 Å². The Labute approximate surface area is 169 Å². The van der Waals surface area contributed by atoms with Crippen LogP contribution >= 0.6 is 11.6 Å². The fourth-order valence-corrected chi connectivity index (χ4v) is 3.37. The van der Waals surface area contributed by atoms with E-state index in [0.717, 1.165) is 24.4 Å². The number of morpholine rings is 1. The number of benzene rings is 1. The van der Waals surface area contributed by atoms with Crippen molar-refractivity contribution >= 4 is 23.4 Å². The molecule has 1 aromatic carbocycles. The number of hydrogen-bond acceptors (Lipinski definition) is 4. The summed E-state index contributed by atoms with van der Waals surface area (Å²) < 4.78 is 10.9. The third-order valence-electron chi connectivity index (χ3n) is 4.80. The zero-order valence-electron chi connectivity index (χ0n) is 15.6. The highest BCUT2D eigenvalue weighted by molar-refractivity contribution is 6.35. The first-order valence-corrected chi connectivity index (χ1v) is 9.77. The predicted molar refractivity (Wildman–Crippen MR) is 104 cm³/mol. The number of carbonyl (C=O) groups is 2. The van der Waals surface area contributed by atoms with Crippen LogP contribution in [0, 0.1) is 0 Å². The van der Waals surface area contributed by atoms with Crippen molar-refractivity contribution in [1.82, 2.24) is 10.6 Å². The second-order valence-corrected chi connectivity index (χ2v) is 7.12. The number of ether oxygens (including phenoxy) is 1. The second kappa shape index (κ2) is 10.3. The van der Waals surface area contributed by atoms with Crippen LogP contribution in [-0.4, -0.2) is 51.2 Å². The van der Waals surface area contributed by atoms with E-state index in [2.05, 4.69) is 10.6 Å². The number of carbonyl (C=O) groups excluding carboxylic acids is 2. The summed E-state index contributed by atoms with van der Waals surface area (Å²) in [6, 6.07) is 11.1. The van der Waals surface area contributed by atoms with Crippen molar-refractivity contribution in [3.05, 3.63) is 59.0 Å². The van der Waals surface area contributed by atoms with Gasteiger partial charge in [-0.2, -0.15) is 0 Å². The first kappa shape index (κ1) is 20.4. The highest BCUT2D eigenvalue weighted by Gasteiger charge is 2.29. The average molecular weight is 407 g/mol. The number of amides is 2. The van der Waals surface area contributed by atoms with Crippen LogP contribution in [0.1, 0.15) is 17.4 Å². The maximum Gasteiger partial charge on any atom is 0.309 e. The molecule has 3 N–H and O–H groups in total. The summed E-state index contributed by atoms with van der Waals surface area (Å²) in [5.41, 5.74) is 1.04. The third-order valence-corrected chi connectivity index (χ3v) is 5.05. The van der Waals surface area contributed by atoms with E-state index in [1.165, 1.54) is 4.90 Å². The number of nitrogens with one attached hydrogen (secondary N) is 3. The Morgan fingerprint density at radius 3 is 2.46 bits per heavy atom. The van der Waals surface area contributed by atoms with E-state index in [-0.39, 0.29) is 6.04 Å². The molecule has 7 nitrogen and oxygen atoms in total. The Balaban J connectivity index is 1.46. The first-order valence-electron chi connectivity index (χ1n) is 9.39. The molecule has 2 aromatic rings. The summed E-state index contributed by atoms with van der Waals surface area (Å²) in [7, 11) is 0. The van der Waals surface area contributed by atoms with Crippen LogP contribution in [0.2, 0.25) is 5.02 Å². The van der Waals surface area contributed by atoms with Gasteiger partial charge in [-0.1, -0.05) is 23.7 Å². The molecule has 3 rings (SSSR count). The molecule has 1 fully saturated rings. The van der Waals surface area contributed by atoms with Crippen LogP contribution < -0.4 is 15.5 Å². The molecule has 0 bridgehead atoms. The number of rotatable bonds is 7. The Morgan fingerprint density at radius 2 is 1.79 bits per heavy atom. The smallest absolute Gasteiger partial charge is 0.309 e. The van der Waals surface area contributed by atoms with Gasteiger partial charge in [0.05, 0.1) is 26.0 Å². The van der Waals surface area contributed by atoms with Crippen LogP contribution in [0.25, 0.3) is 0 Å². The van der Waals surface area contributed by atoms with Gasteiger partial charge < -0.3 is 24.7 Å². The van der Waals surface area contributed by atoms with Gasteiger partial charge >= 0.3 is 11.8 Å². The molecule has 150 valence electrons. The van der Waals surface area contributed by atoms with Crippen LogP contribution in [0.3, 0.4) is 0 Å². The molecule has 0 radical (unpaired) electrons. The molecule has 28 heavy (non-hydrogen) atoms. The number of halogens is 1. The number of quaternary nitrogens is 1. The van der Waals surface area contributed by atoms with Crippen LogP contribution in [0.4, 0.5) is 0 Å². The molecule has 1 aliphatic heterocycles. The Hall–Kier alpha value is -2.35. The van der Waals surface area contributed by atoms with Gasteiger partial charge in [0.25, 0.3) is 0 Å². The molecule has 0 unspecified atom stereocenters. The lowest BCUT2D eigenvalue weighted by Gasteiger charge is -2.30. The van der Waals surface area contributed by atoms with E-state index in [9.17, 15) is 9.59 Å². The van der Waals surface area contributed by atoms with Gasteiger partial charge in [-0.25, -0.2) is 0 Å². The van der Waals surface area contributed by atoms with Crippen molar-refractivity contribution in [2.45, 2.75) is 12.5 Å². The van der Waals surface area contributed by atoms with Crippen molar-refractivity contribution in [3.8, 4) is 0 Å². The Kier molecular flexibility index (Phi) is 7.47. The number of hydrogen-bond donors (Lipinski definition) is 3. The lowest BCUT2D eigenvalue weighted by atomic mass is 10.1. The first-order chi connectivity index (χ1) is 13.6. The molecule has 0 saturated carbocycles. The maximum absolute atomic E-state index is 12.2. The molecule has 0 spiro atoms. The van der Waals surface area contributed by atoms with E-state index in [0.29, 0.717) is 37.7 Å². The van der Waals surface area contributed by atoms with Crippen LogP contribution in [0.15, 0.2) is 47.1 Å². The van der Waals surface area contributed by atoms with Gasteiger partial charge in [0, 0.05) is 11.6 Å². The van der Waals surface area contributed by atoms with Crippen molar-refractivity contribution in [2.24, 2.45) is 0 Å². The summed E-state index contributed by atoms with van der Waals surface area (Å²) >= 11 is 5.85. The standard InChI is InChI=1S/C20H24ClN3O4/c21-16-5-3-15(4-6-16)7-8-22-19(25)20(26)23-14-17(18-2-1-11-28-18)24-9-12-27-13-10-24/h1-6,11,17H,7-10,12-14H2,(H,22,25)(H,23,26)/p+1/t17-/m1/s1. The molecule has 2 amide bonds. The van der Waals surface area contributed by atoms with E-state index in [1.54, 1.807) is 18.4 Å². The van der Waals surface area contributed by atoms with Gasteiger partial charge in [-0.3, -0.25) is 9.59 Å². The SMILES string of the molecule is O=C(NCCc1ccc(Cl)cc1)C(=O)NC[C@H](c1ccco1)[NH+]1CCOCC1. The molecular formula is C20H25ClN3O4+. The zero-order valence-corrected chi connectivity index (χ0v) is 16.3. The zero-order chi connectivity index (χ0) is 19.8. The maximum atomic E-state index is 12.2. The van der Waals surface area contributed by atoms with E-state index in [4.69, 9.17) is 20.8 Å². The van der Waals surface area contributed by atoms with Crippen molar-refractivity contribution in [3.63, 3.8) is 0 Å². The Bertz CT molecular complexity index is 758. The minimum atomic E-state index is -0.639. The molecular weight excluding hydrogens is 382 g/mol. The van der Waals surface area contributed by atoms with E-state index in [1.807, 2.05) is 24.3 Å². The molecule has 1 aliphatic rings. The van der Waals surface area contributed by atoms with Gasteiger partial charge in [0.1, 0.15) is 13.1 Å². The van der Waals surface area contributed by atoms with Gasteiger partial charge in [-0.15, -0.1) is 0 Å². The third kappa shape index (κ3) is 5.82. The summed E-state index contributed by atoms with van der Waals surface area (Å²) in [6.07, 6.45) is 2.25. The summed E-state index contributed by atoms with van der Waals surface area (Å²) in [5, 5.41) is 6.05. The van der Waals surface area contributed by atoms with Gasteiger partial charge in [0.2, 0.25) is 0 Å². The second-order valence-electron chi connectivity index (χ2n) is 6.68. The fourth-order valence-electron chi connectivity index (χ4n) is 3.24. The molecule has 1 saturated heterocycles. The molecule has 1 aromatic heterocycles. The van der Waals surface area contributed by atoms with E-state index >= 15 is 0 Å². The predicted octanol–water partition coefficient (Wildman–Crippen LogP) is 0.364. The van der Waals surface area contributed by atoms with Gasteiger partial charge in [0.15, 0.2) is 11.8 Å². The number of furan rings is 1. The lowest BCUT2D eigenvalue weighted by molar-refractivity contribution is -0.938. The monoisotopic (exact) mass is 406 g/mol. The highest BCUT2D eigenvalue weighted by atomic mass is 35.5. The van der Waals surface area contributed by atoms with Crippen LogP contribution in [0.5, 0.6) is 0 Å². The van der Waals surface area contributed by atoms with Gasteiger partial charge in [-0.05, 0) is 36.2 Å². The minimum Gasteiger partial charge on any atom is -0.463 e. The van der Waals surface area contributed by atoms with Crippen molar-refractivity contribution in [2.75, 3.05) is 39.4 Å².